The summed E-state index contributed by atoms with van der Waals surface area (Å²) < 4.78 is 2.46. The van der Waals surface area contributed by atoms with E-state index in [0.29, 0.717) is 5.92 Å². The predicted octanol–water partition coefficient (Wildman–Crippen LogP) is 4.39. The van der Waals surface area contributed by atoms with Gasteiger partial charge in [0.1, 0.15) is 0 Å². The lowest BCUT2D eigenvalue weighted by atomic mass is 9.93. The second-order valence-corrected chi connectivity index (χ2v) is 8.00. The molecule has 0 aliphatic carbocycles. The first-order valence-corrected chi connectivity index (χ1v) is 9.71. The van der Waals surface area contributed by atoms with Crippen molar-refractivity contribution in [3.8, 4) is 0 Å². The van der Waals surface area contributed by atoms with Crippen molar-refractivity contribution in [2.45, 2.75) is 39.0 Å². The molecule has 1 unspecified atom stereocenters. The molecule has 2 aromatic heterocycles. The van der Waals surface area contributed by atoms with Crippen molar-refractivity contribution in [1.82, 2.24) is 14.5 Å². The molecule has 3 heteroatoms. The molecule has 0 amide bonds. The number of fused-ring (bicyclic) bond motifs is 3. The van der Waals surface area contributed by atoms with Crippen LogP contribution in [0.5, 0.6) is 0 Å². The van der Waals surface area contributed by atoms with E-state index in [1.54, 1.807) is 11.3 Å². The predicted molar refractivity (Wildman–Crippen MR) is 109 cm³/mol. The Balaban J connectivity index is 1.70. The van der Waals surface area contributed by atoms with Crippen LogP contribution in [-0.2, 0) is 19.9 Å². The Bertz CT molecular complexity index is 921. The number of aryl methyl sites for hydroxylation is 4. The molecule has 3 nitrogen and oxygen atoms in total. The maximum atomic E-state index is 4.47. The third-order valence-corrected chi connectivity index (χ3v) is 5.93. The fourth-order valence-corrected chi connectivity index (χ4v) is 4.51. The Labute approximate surface area is 156 Å². The minimum atomic E-state index is 0.566. The van der Waals surface area contributed by atoms with E-state index in [1.807, 2.05) is 13.1 Å². The van der Waals surface area contributed by atoms with Crippen LogP contribution < -0.4 is 0 Å². The summed E-state index contributed by atoms with van der Waals surface area (Å²) in [6.45, 7) is 6.52. The minimum absolute atomic E-state index is 0.566. The Morgan fingerprint density at radius 2 is 1.96 bits per heavy atom. The average Bonchev–Trinajstić information content (AvgIpc) is 2.78. The van der Waals surface area contributed by atoms with E-state index < -0.39 is 0 Å². The van der Waals surface area contributed by atoms with Gasteiger partial charge in [0.2, 0.25) is 0 Å². The molecule has 0 fully saturated rings. The van der Waals surface area contributed by atoms with Gasteiger partial charge in [-0.2, -0.15) is 0 Å². The maximum Gasteiger partial charge on any atom is 0.0483 e. The van der Waals surface area contributed by atoms with E-state index in [2.05, 4.69) is 65.8 Å². The summed E-state index contributed by atoms with van der Waals surface area (Å²) in [5.41, 5.74) is 8.29. The molecule has 1 aliphatic heterocycles. The Hall–Kier alpha value is -2.13. The van der Waals surface area contributed by atoms with E-state index in [4.69, 9.17) is 0 Å². The number of nitrogens with zero attached hydrogens (tertiary/aromatic N) is 3. The molecule has 26 heavy (non-hydrogen) atoms. The second-order valence-electron chi connectivity index (χ2n) is 8.00. The van der Waals surface area contributed by atoms with Crippen molar-refractivity contribution in [1.29, 1.82) is 0 Å². The molecular formula is C23H29N3. The first kappa shape index (κ1) is 17.3. The zero-order chi connectivity index (χ0) is 18.3. The second kappa shape index (κ2) is 6.88. The Morgan fingerprint density at radius 1 is 1.12 bits per heavy atom. The summed E-state index contributed by atoms with van der Waals surface area (Å²) in [4.78, 5) is 6.97. The summed E-state index contributed by atoms with van der Waals surface area (Å²) in [5, 5.41) is 1.46. The Morgan fingerprint density at radius 3 is 2.73 bits per heavy atom. The van der Waals surface area contributed by atoms with Gasteiger partial charge in [-0.25, -0.2) is 0 Å². The zero-order valence-corrected chi connectivity index (χ0v) is 16.4. The van der Waals surface area contributed by atoms with Crippen molar-refractivity contribution >= 4 is 10.9 Å². The van der Waals surface area contributed by atoms with Gasteiger partial charge in [-0.15, -0.1) is 0 Å². The molecule has 3 heterocycles. The molecule has 136 valence electrons. The highest BCUT2D eigenvalue weighted by Crippen LogP contribution is 2.36. The number of aromatic nitrogens is 2. The highest BCUT2D eigenvalue weighted by Gasteiger charge is 2.26. The molecule has 0 spiro atoms. The number of hydrogen-bond acceptors (Lipinski definition) is 2. The largest absolute Gasteiger partial charge is 0.347 e. The van der Waals surface area contributed by atoms with Gasteiger partial charge in [-0.1, -0.05) is 17.7 Å². The van der Waals surface area contributed by atoms with Crippen LogP contribution in [0.4, 0.5) is 0 Å². The topological polar surface area (TPSA) is 21.1 Å². The number of benzene rings is 1. The number of hydrogen-bond donors (Lipinski definition) is 0. The zero-order valence-electron chi connectivity index (χ0n) is 16.4. The SMILES string of the molecule is Cc1ccc2c(c1)c1c(n2C)C(CCc2ccc(C)nc2)CN(C)CC1. The lowest BCUT2D eigenvalue weighted by molar-refractivity contribution is 0.316. The van der Waals surface area contributed by atoms with Gasteiger partial charge >= 0.3 is 0 Å². The fourth-order valence-electron chi connectivity index (χ4n) is 4.51. The van der Waals surface area contributed by atoms with E-state index in [1.165, 1.54) is 28.5 Å². The van der Waals surface area contributed by atoms with E-state index in [-0.39, 0.29) is 0 Å². The molecule has 0 radical (unpaired) electrons. The van der Waals surface area contributed by atoms with Gasteiger partial charge < -0.3 is 9.47 Å². The quantitative estimate of drug-likeness (QED) is 0.700. The summed E-state index contributed by atoms with van der Waals surface area (Å²) in [6.07, 6.45) is 5.45. The standard InChI is InChI=1S/C23H29N3/c1-16-5-10-22-21(13-16)20-11-12-25(3)15-19(23(20)26(22)4)9-8-18-7-6-17(2)24-14-18/h5-7,10,13-14,19H,8-9,11-12,15H2,1-4H3. The van der Waals surface area contributed by atoms with E-state index in [0.717, 1.165) is 31.6 Å². The normalized spacial score (nSPS) is 18.1. The van der Waals surface area contributed by atoms with Crippen LogP contribution in [-0.4, -0.2) is 34.6 Å². The smallest absolute Gasteiger partial charge is 0.0483 e. The molecule has 1 atom stereocenters. The van der Waals surface area contributed by atoms with Gasteiger partial charge in [0.15, 0.2) is 0 Å². The van der Waals surface area contributed by atoms with Crippen LogP contribution >= 0.6 is 0 Å². The van der Waals surface area contributed by atoms with Crippen molar-refractivity contribution in [2.75, 3.05) is 20.1 Å². The van der Waals surface area contributed by atoms with Gasteiger partial charge in [-0.05, 0) is 69.5 Å². The number of likely N-dealkylation sites (N-methyl/N-ethyl adjacent to an activating group) is 1. The molecular weight excluding hydrogens is 318 g/mol. The lowest BCUT2D eigenvalue weighted by Gasteiger charge is -2.22. The summed E-state index contributed by atoms with van der Waals surface area (Å²) in [5.74, 6) is 0.566. The van der Waals surface area contributed by atoms with Gasteiger partial charge in [-0.3, -0.25) is 4.98 Å². The summed E-state index contributed by atoms with van der Waals surface area (Å²) >= 11 is 0. The van der Waals surface area contributed by atoms with Crippen LogP contribution in [0.3, 0.4) is 0 Å². The van der Waals surface area contributed by atoms with Crippen LogP contribution in [0, 0.1) is 13.8 Å². The van der Waals surface area contributed by atoms with Crippen molar-refractivity contribution in [3.05, 3.63) is 64.6 Å². The number of rotatable bonds is 3. The molecule has 3 aromatic rings. The highest BCUT2D eigenvalue weighted by molar-refractivity contribution is 5.86. The average molecular weight is 348 g/mol. The molecule has 1 aliphatic rings. The van der Waals surface area contributed by atoms with Crippen molar-refractivity contribution in [3.63, 3.8) is 0 Å². The van der Waals surface area contributed by atoms with Crippen LogP contribution in [0.25, 0.3) is 10.9 Å². The molecule has 0 N–H and O–H groups in total. The van der Waals surface area contributed by atoms with Crippen molar-refractivity contribution in [2.24, 2.45) is 7.05 Å². The summed E-state index contributed by atoms with van der Waals surface area (Å²) in [7, 11) is 4.52. The highest BCUT2D eigenvalue weighted by atomic mass is 15.1. The molecule has 0 saturated carbocycles. The maximum absolute atomic E-state index is 4.47. The van der Waals surface area contributed by atoms with E-state index >= 15 is 0 Å². The van der Waals surface area contributed by atoms with Gasteiger partial charge in [0, 0.05) is 54.5 Å². The van der Waals surface area contributed by atoms with Crippen molar-refractivity contribution < 1.29 is 0 Å². The lowest BCUT2D eigenvalue weighted by Crippen LogP contribution is -2.25. The first-order chi connectivity index (χ1) is 12.5. The van der Waals surface area contributed by atoms with Crippen LogP contribution in [0.2, 0.25) is 0 Å². The Kier molecular flexibility index (Phi) is 4.58. The molecule has 0 saturated heterocycles. The molecule has 4 rings (SSSR count). The van der Waals surface area contributed by atoms with E-state index in [9.17, 15) is 0 Å². The monoisotopic (exact) mass is 347 g/mol. The molecule has 0 bridgehead atoms. The minimum Gasteiger partial charge on any atom is -0.347 e. The number of pyridine rings is 1. The third-order valence-electron chi connectivity index (χ3n) is 5.93. The first-order valence-electron chi connectivity index (χ1n) is 9.71. The fraction of sp³-hybridized carbons (Fsp3) is 0.435. The summed E-state index contributed by atoms with van der Waals surface area (Å²) in [6, 6.07) is 11.3. The van der Waals surface area contributed by atoms with Crippen LogP contribution in [0.1, 0.15) is 40.4 Å². The van der Waals surface area contributed by atoms with Gasteiger partial charge in [0.05, 0.1) is 0 Å². The van der Waals surface area contributed by atoms with Gasteiger partial charge in [0.25, 0.3) is 0 Å². The third kappa shape index (κ3) is 3.16. The molecule has 1 aromatic carbocycles. The van der Waals surface area contributed by atoms with Crippen LogP contribution in [0.15, 0.2) is 36.5 Å².